The predicted octanol–water partition coefficient (Wildman–Crippen LogP) is -0.0553. The molecule has 1 saturated heterocycles. The third-order valence-electron chi connectivity index (χ3n) is 3.15. The molecular formula is C11H17N5O4. The molecule has 0 spiro atoms. The van der Waals surface area contributed by atoms with E-state index in [9.17, 15) is 10.1 Å². The Balaban J connectivity index is 2.06. The standard InChI is InChI=1S/C11H17N5O4/c12-11-13-7-9(16(18)19)10(14-11)15-3-1-8(2-4-15)20-6-5-17/h7-8,17H,1-6H2,(H2,12,13,14). The largest absolute Gasteiger partial charge is 0.394 e. The Bertz CT molecular complexity index is 476. The molecule has 20 heavy (non-hydrogen) atoms. The monoisotopic (exact) mass is 283 g/mol. The highest BCUT2D eigenvalue weighted by molar-refractivity contribution is 5.58. The first kappa shape index (κ1) is 14.4. The molecule has 110 valence electrons. The molecule has 1 aliphatic rings. The summed E-state index contributed by atoms with van der Waals surface area (Å²) in [7, 11) is 0. The lowest BCUT2D eigenvalue weighted by Gasteiger charge is -2.32. The van der Waals surface area contributed by atoms with Crippen LogP contribution in [0.1, 0.15) is 12.8 Å². The fraction of sp³-hybridized carbons (Fsp3) is 0.636. The third kappa shape index (κ3) is 3.31. The van der Waals surface area contributed by atoms with Crippen molar-refractivity contribution in [1.29, 1.82) is 0 Å². The highest BCUT2D eigenvalue weighted by Crippen LogP contribution is 2.28. The SMILES string of the molecule is Nc1ncc([N+](=O)[O-])c(N2CCC(OCCO)CC2)n1. The molecule has 3 N–H and O–H groups in total. The summed E-state index contributed by atoms with van der Waals surface area (Å²) in [6, 6.07) is 0. The Labute approximate surface area is 115 Å². The number of nitrogen functional groups attached to an aromatic ring is 1. The molecule has 1 aromatic rings. The minimum atomic E-state index is -0.511. The number of nitro groups is 1. The zero-order chi connectivity index (χ0) is 14.5. The Morgan fingerprint density at radius 3 is 2.85 bits per heavy atom. The first-order valence-electron chi connectivity index (χ1n) is 6.36. The minimum absolute atomic E-state index is 0.00582. The molecule has 1 aliphatic heterocycles. The lowest BCUT2D eigenvalue weighted by molar-refractivity contribution is -0.384. The molecule has 0 saturated carbocycles. The van der Waals surface area contributed by atoms with Gasteiger partial charge in [0.15, 0.2) is 0 Å². The predicted molar refractivity (Wildman–Crippen MR) is 71.4 cm³/mol. The van der Waals surface area contributed by atoms with Crippen molar-refractivity contribution >= 4 is 17.5 Å². The van der Waals surface area contributed by atoms with Crippen molar-refractivity contribution < 1.29 is 14.8 Å². The lowest BCUT2D eigenvalue weighted by Crippen LogP contribution is -2.38. The van der Waals surface area contributed by atoms with E-state index in [1.165, 1.54) is 0 Å². The van der Waals surface area contributed by atoms with Gasteiger partial charge in [-0.15, -0.1) is 0 Å². The maximum Gasteiger partial charge on any atom is 0.329 e. The van der Waals surface area contributed by atoms with Gasteiger partial charge in [-0.3, -0.25) is 10.1 Å². The molecule has 1 aromatic heterocycles. The zero-order valence-electron chi connectivity index (χ0n) is 10.9. The van der Waals surface area contributed by atoms with Gasteiger partial charge in [-0.2, -0.15) is 4.98 Å². The summed E-state index contributed by atoms with van der Waals surface area (Å²) in [4.78, 5) is 19.9. The first-order chi connectivity index (χ1) is 9.61. The molecule has 9 heteroatoms. The average molecular weight is 283 g/mol. The van der Waals surface area contributed by atoms with Crippen LogP contribution >= 0.6 is 0 Å². The number of aromatic nitrogens is 2. The van der Waals surface area contributed by atoms with E-state index in [4.69, 9.17) is 15.6 Å². The molecule has 0 amide bonds. The molecule has 0 aliphatic carbocycles. The number of ether oxygens (including phenoxy) is 1. The van der Waals surface area contributed by atoms with E-state index in [-0.39, 0.29) is 30.2 Å². The van der Waals surface area contributed by atoms with Crippen molar-refractivity contribution in [3.05, 3.63) is 16.3 Å². The van der Waals surface area contributed by atoms with Crippen molar-refractivity contribution in [1.82, 2.24) is 9.97 Å². The Hall–Kier alpha value is -2.00. The van der Waals surface area contributed by atoms with Crippen molar-refractivity contribution in [3.8, 4) is 0 Å². The van der Waals surface area contributed by atoms with Crippen LogP contribution in [-0.4, -0.2) is 52.4 Å². The summed E-state index contributed by atoms with van der Waals surface area (Å²) < 4.78 is 5.45. The summed E-state index contributed by atoms with van der Waals surface area (Å²) in [5.74, 6) is 0.271. The number of piperidine rings is 1. The van der Waals surface area contributed by atoms with Gasteiger partial charge in [-0.05, 0) is 12.8 Å². The van der Waals surface area contributed by atoms with Gasteiger partial charge in [0, 0.05) is 13.1 Å². The van der Waals surface area contributed by atoms with Gasteiger partial charge in [-0.25, -0.2) is 4.98 Å². The van der Waals surface area contributed by atoms with Gasteiger partial charge in [0.2, 0.25) is 11.8 Å². The quantitative estimate of drug-likeness (QED) is 0.568. The van der Waals surface area contributed by atoms with Gasteiger partial charge in [0.1, 0.15) is 6.20 Å². The molecule has 0 aromatic carbocycles. The second-order valence-corrected chi connectivity index (χ2v) is 4.47. The van der Waals surface area contributed by atoms with E-state index in [1.54, 1.807) is 0 Å². The van der Waals surface area contributed by atoms with Crippen LogP contribution in [0, 0.1) is 10.1 Å². The van der Waals surface area contributed by atoms with Crippen molar-refractivity contribution in [2.45, 2.75) is 18.9 Å². The Morgan fingerprint density at radius 1 is 1.55 bits per heavy atom. The first-order valence-corrected chi connectivity index (χ1v) is 6.36. The summed E-state index contributed by atoms with van der Waals surface area (Å²) in [6.07, 6.45) is 2.64. The van der Waals surface area contributed by atoms with Crippen molar-refractivity contribution in [3.63, 3.8) is 0 Å². The second kappa shape index (κ2) is 6.44. The molecular weight excluding hydrogens is 266 g/mol. The van der Waals surface area contributed by atoms with Crippen LogP contribution in [0.25, 0.3) is 0 Å². The van der Waals surface area contributed by atoms with Gasteiger partial charge in [0.25, 0.3) is 0 Å². The Morgan fingerprint density at radius 2 is 2.25 bits per heavy atom. The van der Waals surface area contributed by atoms with E-state index in [0.29, 0.717) is 19.7 Å². The molecule has 2 heterocycles. The van der Waals surface area contributed by atoms with Gasteiger partial charge in [-0.1, -0.05) is 0 Å². The van der Waals surface area contributed by atoms with E-state index in [1.807, 2.05) is 4.90 Å². The number of rotatable bonds is 5. The van der Waals surface area contributed by atoms with E-state index >= 15 is 0 Å². The molecule has 0 bridgehead atoms. The van der Waals surface area contributed by atoms with E-state index in [0.717, 1.165) is 19.0 Å². The normalized spacial score (nSPS) is 16.4. The smallest absolute Gasteiger partial charge is 0.329 e. The van der Waals surface area contributed by atoms with Gasteiger partial charge >= 0.3 is 5.69 Å². The van der Waals surface area contributed by atoms with Crippen molar-refractivity contribution in [2.75, 3.05) is 36.9 Å². The number of hydrogen-bond donors (Lipinski definition) is 2. The third-order valence-corrected chi connectivity index (χ3v) is 3.15. The van der Waals surface area contributed by atoms with Gasteiger partial charge in [0.05, 0.1) is 24.2 Å². The molecule has 0 atom stereocenters. The minimum Gasteiger partial charge on any atom is -0.394 e. The van der Waals surface area contributed by atoms with Crippen LogP contribution in [0.2, 0.25) is 0 Å². The summed E-state index contributed by atoms with van der Waals surface area (Å²) in [5, 5.41) is 19.7. The van der Waals surface area contributed by atoms with Crippen LogP contribution in [0.5, 0.6) is 0 Å². The van der Waals surface area contributed by atoms with Crippen LogP contribution in [-0.2, 0) is 4.74 Å². The molecule has 0 unspecified atom stereocenters. The Kier molecular flexibility index (Phi) is 4.64. The maximum atomic E-state index is 11.0. The van der Waals surface area contributed by atoms with Crippen molar-refractivity contribution in [2.24, 2.45) is 0 Å². The van der Waals surface area contributed by atoms with Crippen LogP contribution in [0.3, 0.4) is 0 Å². The number of aliphatic hydroxyl groups is 1. The number of anilines is 2. The molecule has 0 radical (unpaired) electrons. The molecule has 9 nitrogen and oxygen atoms in total. The highest BCUT2D eigenvalue weighted by Gasteiger charge is 2.27. The number of nitrogens with two attached hydrogens (primary N) is 1. The van der Waals surface area contributed by atoms with E-state index in [2.05, 4.69) is 9.97 Å². The summed E-state index contributed by atoms with van der Waals surface area (Å²) in [5.41, 5.74) is 5.36. The van der Waals surface area contributed by atoms with E-state index < -0.39 is 4.92 Å². The maximum absolute atomic E-state index is 11.0. The summed E-state index contributed by atoms with van der Waals surface area (Å²) in [6.45, 7) is 1.49. The number of aliphatic hydroxyl groups excluding tert-OH is 1. The summed E-state index contributed by atoms with van der Waals surface area (Å²) >= 11 is 0. The lowest BCUT2D eigenvalue weighted by atomic mass is 10.1. The molecule has 1 fully saturated rings. The van der Waals surface area contributed by atoms with Crippen LogP contribution in [0.15, 0.2) is 6.20 Å². The highest BCUT2D eigenvalue weighted by atomic mass is 16.6. The fourth-order valence-electron chi connectivity index (χ4n) is 2.19. The topological polar surface area (TPSA) is 128 Å². The second-order valence-electron chi connectivity index (χ2n) is 4.47. The van der Waals surface area contributed by atoms with Gasteiger partial charge < -0.3 is 20.5 Å². The number of hydrogen-bond acceptors (Lipinski definition) is 8. The zero-order valence-corrected chi connectivity index (χ0v) is 10.9. The van der Waals surface area contributed by atoms with Crippen LogP contribution in [0.4, 0.5) is 17.5 Å². The van der Waals surface area contributed by atoms with Crippen LogP contribution < -0.4 is 10.6 Å². The number of nitrogens with zero attached hydrogens (tertiary/aromatic N) is 4. The fourth-order valence-corrected chi connectivity index (χ4v) is 2.19. The average Bonchev–Trinajstić information content (AvgIpc) is 2.45. The molecule has 2 rings (SSSR count).